The number of hydrogen-bond acceptors (Lipinski definition) is 4. The molecular weight excluding hydrogens is 356 g/mol. The first kappa shape index (κ1) is 20.5. The van der Waals surface area contributed by atoms with Crippen molar-refractivity contribution in [3.63, 3.8) is 0 Å². The predicted molar refractivity (Wildman–Crippen MR) is 108 cm³/mol. The zero-order valence-corrected chi connectivity index (χ0v) is 17.0. The van der Waals surface area contributed by atoms with Crippen LogP contribution in [0.3, 0.4) is 0 Å². The molecule has 0 unspecified atom stereocenters. The van der Waals surface area contributed by atoms with Crippen LogP contribution in [0.25, 0.3) is 0 Å². The third kappa shape index (κ3) is 5.61. The van der Waals surface area contributed by atoms with E-state index in [1.165, 1.54) is 11.1 Å². The molecule has 1 aromatic rings. The van der Waals surface area contributed by atoms with E-state index < -0.39 is 0 Å². The van der Waals surface area contributed by atoms with Gasteiger partial charge in [0.2, 0.25) is 0 Å². The van der Waals surface area contributed by atoms with Crippen LogP contribution in [0.1, 0.15) is 30.9 Å². The highest BCUT2D eigenvalue weighted by Gasteiger charge is 2.27. The Morgan fingerprint density at radius 3 is 2.43 bits per heavy atom. The molecule has 2 heterocycles. The molecule has 0 spiro atoms. The van der Waals surface area contributed by atoms with Crippen molar-refractivity contribution >= 4 is 12.1 Å². The van der Waals surface area contributed by atoms with E-state index in [9.17, 15) is 9.59 Å². The third-order valence-electron chi connectivity index (χ3n) is 5.50. The Kier molecular flexibility index (Phi) is 7.14. The van der Waals surface area contributed by atoms with Crippen molar-refractivity contribution in [1.29, 1.82) is 0 Å². The molecule has 3 amide bonds. The van der Waals surface area contributed by atoms with Crippen molar-refractivity contribution in [2.45, 2.75) is 39.3 Å². The number of urea groups is 1. The lowest BCUT2D eigenvalue weighted by molar-refractivity contribution is 0.0939. The van der Waals surface area contributed by atoms with Gasteiger partial charge in [0, 0.05) is 51.9 Å². The number of aryl methyl sites for hydroxylation is 1. The number of hydrogen-bond donors (Lipinski definition) is 1. The summed E-state index contributed by atoms with van der Waals surface area (Å²) in [7, 11) is 0. The van der Waals surface area contributed by atoms with Gasteiger partial charge >= 0.3 is 12.1 Å². The number of nitrogens with zero attached hydrogens (tertiary/aromatic N) is 3. The van der Waals surface area contributed by atoms with Gasteiger partial charge in [-0.3, -0.25) is 4.90 Å². The molecule has 1 N–H and O–H groups in total. The highest BCUT2D eigenvalue weighted by Crippen LogP contribution is 2.14. The molecule has 3 rings (SSSR count). The number of rotatable bonds is 4. The first-order valence-electron chi connectivity index (χ1n) is 10.3. The largest absolute Gasteiger partial charge is 0.450 e. The van der Waals surface area contributed by atoms with Crippen LogP contribution in [0, 0.1) is 6.92 Å². The van der Waals surface area contributed by atoms with E-state index in [1.807, 2.05) is 11.8 Å². The summed E-state index contributed by atoms with van der Waals surface area (Å²) in [4.78, 5) is 30.4. The number of amides is 3. The van der Waals surface area contributed by atoms with Crippen molar-refractivity contribution < 1.29 is 14.3 Å². The smallest absolute Gasteiger partial charge is 0.409 e. The molecule has 1 aromatic carbocycles. The van der Waals surface area contributed by atoms with Gasteiger partial charge in [-0.25, -0.2) is 9.59 Å². The standard InChI is InChI=1S/C21H32N4O3/c1-3-28-21(27)25-9-7-19(8-10-25)22-20(26)24-13-11-23(12-14-24)16-18-6-4-5-17(2)15-18/h4-6,15,19H,3,7-14,16H2,1-2H3,(H,22,26). The normalized spacial score (nSPS) is 18.8. The minimum atomic E-state index is -0.253. The van der Waals surface area contributed by atoms with E-state index in [1.54, 1.807) is 4.90 Å². The fraction of sp³-hybridized carbons (Fsp3) is 0.619. The minimum Gasteiger partial charge on any atom is -0.450 e. The van der Waals surface area contributed by atoms with Crippen LogP contribution in [0.4, 0.5) is 9.59 Å². The van der Waals surface area contributed by atoms with Gasteiger partial charge in [0.25, 0.3) is 0 Å². The van der Waals surface area contributed by atoms with Gasteiger partial charge in [0.15, 0.2) is 0 Å². The summed E-state index contributed by atoms with van der Waals surface area (Å²) in [6.45, 7) is 9.80. The van der Waals surface area contributed by atoms with E-state index in [2.05, 4.69) is 41.4 Å². The number of likely N-dealkylation sites (tertiary alicyclic amines) is 1. The Hall–Kier alpha value is -2.28. The molecule has 2 fully saturated rings. The summed E-state index contributed by atoms with van der Waals surface area (Å²) in [5.74, 6) is 0. The molecule has 28 heavy (non-hydrogen) atoms. The van der Waals surface area contributed by atoms with Crippen LogP contribution >= 0.6 is 0 Å². The Morgan fingerprint density at radius 1 is 1.07 bits per heavy atom. The molecule has 0 saturated carbocycles. The second-order valence-corrected chi connectivity index (χ2v) is 7.66. The third-order valence-corrected chi connectivity index (χ3v) is 5.50. The van der Waals surface area contributed by atoms with Crippen LogP contribution < -0.4 is 5.32 Å². The zero-order chi connectivity index (χ0) is 19.9. The number of carbonyl (C=O) groups excluding carboxylic acids is 2. The van der Waals surface area contributed by atoms with Crippen LogP contribution in [-0.4, -0.2) is 78.7 Å². The molecule has 0 aliphatic carbocycles. The fourth-order valence-electron chi connectivity index (χ4n) is 3.86. The monoisotopic (exact) mass is 388 g/mol. The zero-order valence-electron chi connectivity index (χ0n) is 17.0. The number of carbonyl (C=O) groups is 2. The number of benzene rings is 1. The predicted octanol–water partition coefficient (Wildman–Crippen LogP) is 2.44. The number of nitrogens with one attached hydrogen (secondary N) is 1. The number of piperidine rings is 1. The second-order valence-electron chi connectivity index (χ2n) is 7.66. The maximum absolute atomic E-state index is 12.6. The van der Waals surface area contributed by atoms with E-state index in [0.29, 0.717) is 19.7 Å². The molecule has 0 atom stereocenters. The highest BCUT2D eigenvalue weighted by atomic mass is 16.6. The molecule has 154 valence electrons. The SMILES string of the molecule is CCOC(=O)N1CCC(NC(=O)N2CCN(Cc3cccc(C)c3)CC2)CC1. The molecule has 0 bridgehead atoms. The lowest BCUT2D eigenvalue weighted by Gasteiger charge is -2.37. The summed E-state index contributed by atoms with van der Waals surface area (Å²) in [5, 5.41) is 3.14. The van der Waals surface area contributed by atoms with Crippen molar-refractivity contribution in [3.8, 4) is 0 Å². The number of piperazine rings is 1. The van der Waals surface area contributed by atoms with E-state index in [0.717, 1.165) is 45.6 Å². The molecular formula is C21H32N4O3. The first-order chi connectivity index (χ1) is 13.5. The van der Waals surface area contributed by atoms with Crippen molar-refractivity contribution in [2.24, 2.45) is 0 Å². The van der Waals surface area contributed by atoms with Gasteiger partial charge in [-0.2, -0.15) is 0 Å². The van der Waals surface area contributed by atoms with Crippen LogP contribution in [0.2, 0.25) is 0 Å². The van der Waals surface area contributed by atoms with Crippen LogP contribution in [0.5, 0.6) is 0 Å². The lowest BCUT2D eigenvalue weighted by Crippen LogP contribution is -2.54. The molecule has 0 radical (unpaired) electrons. The summed E-state index contributed by atoms with van der Waals surface area (Å²) < 4.78 is 5.04. The summed E-state index contributed by atoms with van der Waals surface area (Å²) in [6.07, 6.45) is 1.30. The topological polar surface area (TPSA) is 65.1 Å². The molecule has 2 saturated heterocycles. The molecule has 7 heteroatoms. The maximum Gasteiger partial charge on any atom is 0.409 e. The first-order valence-corrected chi connectivity index (χ1v) is 10.3. The quantitative estimate of drug-likeness (QED) is 0.861. The maximum atomic E-state index is 12.6. The van der Waals surface area contributed by atoms with Gasteiger partial charge in [-0.05, 0) is 32.3 Å². The van der Waals surface area contributed by atoms with Crippen molar-refractivity contribution in [2.75, 3.05) is 45.9 Å². The van der Waals surface area contributed by atoms with E-state index in [-0.39, 0.29) is 18.2 Å². The van der Waals surface area contributed by atoms with Crippen molar-refractivity contribution in [3.05, 3.63) is 35.4 Å². The van der Waals surface area contributed by atoms with Crippen LogP contribution in [-0.2, 0) is 11.3 Å². The van der Waals surface area contributed by atoms with E-state index >= 15 is 0 Å². The highest BCUT2D eigenvalue weighted by molar-refractivity contribution is 5.74. The van der Waals surface area contributed by atoms with Crippen LogP contribution in [0.15, 0.2) is 24.3 Å². The average Bonchev–Trinajstić information content (AvgIpc) is 2.69. The molecule has 7 nitrogen and oxygen atoms in total. The Balaban J connectivity index is 1.38. The summed E-state index contributed by atoms with van der Waals surface area (Å²) in [6, 6.07) is 8.74. The fourth-order valence-corrected chi connectivity index (χ4v) is 3.86. The summed E-state index contributed by atoms with van der Waals surface area (Å²) >= 11 is 0. The van der Waals surface area contributed by atoms with Gasteiger partial charge in [0.1, 0.15) is 0 Å². The second kappa shape index (κ2) is 9.78. The summed E-state index contributed by atoms with van der Waals surface area (Å²) in [5.41, 5.74) is 2.61. The number of ether oxygens (including phenoxy) is 1. The minimum absolute atomic E-state index is 0.0183. The molecule has 2 aliphatic heterocycles. The van der Waals surface area contributed by atoms with Gasteiger partial charge in [-0.1, -0.05) is 29.8 Å². The molecule has 2 aliphatic rings. The van der Waals surface area contributed by atoms with Gasteiger partial charge in [-0.15, -0.1) is 0 Å². The Labute approximate surface area is 167 Å². The Morgan fingerprint density at radius 2 is 1.79 bits per heavy atom. The van der Waals surface area contributed by atoms with Gasteiger partial charge in [0.05, 0.1) is 6.61 Å². The average molecular weight is 389 g/mol. The lowest BCUT2D eigenvalue weighted by atomic mass is 10.1. The van der Waals surface area contributed by atoms with Gasteiger partial charge < -0.3 is 19.9 Å². The molecule has 0 aromatic heterocycles. The van der Waals surface area contributed by atoms with Crippen molar-refractivity contribution in [1.82, 2.24) is 20.0 Å². The Bertz CT molecular complexity index is 665. The van der Waals surface area contributed by atoms with E-state index in [4.69, 9.17) is 4.74 Å².